The number of halogens is 1. The van der Waals surface area contributed by atoms with Crippen LogP contribution in [0.4, 0.5) is 10.1 Å². The van der Waals surface area contributed by atoms with Gasteiger partial charge < -0.3 is 20.1 Å². The van der Waals surface area contributed by atoms with Crippen LogP contribution in [0.25, 0.3) is 11.3 Å². The van der Waals surface area contributed by atoms with Crippen LogP contribution in [0.15, 0.2) is 66.7 Å². The number of hydrogen-bond donors (Lipinski definition) is 2. The average Bonchev–Trinajstić information content (AvgIpc) is 3.25. The molecule has 0 unspecified atom stereocenters. The van der Waals surface area contributed by atoms with E-state index in [1.54, 1.807) is 36.0 Å². The molecule has 1 aliphatic heterocycles. The van der Waals surface area contributed by atoms with E-state index in [0.29, 0.717) is 11.3 Å². The standard InChI is InChI=1S/C29H25FN4O5/c1-17-10-11-24-21(12-17)27-22(16-39-24)26(32-33(27)2)28(36)34(14-19-6-3-4-9-23(19)30)15-25(35)31-20-8-5-7-18(13-20)29(37)38/h3-13H,14-16H2,1-2H3,(H,31,35)(H,37,38). The first-order valence-electron chi connectivity index (χ1n) is 12.2. The average molecular weight is 529 g/mol. The van der Waals surface area contributed by atoms with Crippen LogP contribution in [0, 0.1) is 12.7 Å². The molecule has 0 saturated heterocycles. The van der Waals surface area contributed by atoms with Gasteiger partial charge in [0, 0.05) is 36.0 Å². The number of fused-ring (bicyclic) bond motifs is 3. The van der Waals surface area contributed by atoms with Crippen LogP contribution in [0.1, 0.15) is 37.5 Å². The van der Waals surface area contributed by atoms with Gasteiger partial charge in [0.25, 0.3) is 5.91 Å². The predicted octanol–water partition coefficient (Wildman–Crippen LogP) is 4.41. The highest BCUT2D eigenvalue weighted by Gasteiger charge is 2.32. The Hall–Kier alpha value is -4.99. The van der Waals surface area contributed by atoms with Gasteiger partial charge in [0.05, 0.1) is 11.3 Å². The van der Waals surface area contributed by atoms with Crippen molar-refractivity contribution in [1.82, 2.24) is 14.7 Å². The Morgan fingerprint density at radius 2 is 1.90 bits per heavy atom. The van der Waals surface area contributed by atoms with Crippen molar-refractivity contribution in [2.24, 2.45) is 7.05 Å². The summed E-state index contributed by atoms with van der Waals surface area (Å²) in [6.45, 7) is 1.46. The molecular formula is C29H25FN4O5. The molecule has 2 amide bonds. The summed E-state index contributed by atoms with van der Waals surface area (Å²) in [5.41, 5.74) is 3.74. The Bertz CT molecular complexity index is 1610. The third kappa shape index (κ3) is 5.22. The smallest absolute Gasteiger partial charge is 0.335 e. The lowest BCUT2D eigenvalue weighted by atomic mass is 10.00. The quantitative estimate of drug-likeness (QED) is 0.368. The first-order valence-corrected chi connectivity index (χ1v) is 12.2. The third-order valence-electron chi connectivity index (χ3n) is 6.44. The van der Waals surface area contributed by atoms with E-state index in [1.807, 2.05) is 25.1 Å². The molecule has 4 aromatic rings. The van der Waals surface area contributed by atoms with Crippen LogP contribution in [-0.2, 0) is 25.0 Å². The molecule has 10 heteroatoms. The summed E-state index contributed by atoms with van der Waals surface area (Å²) in [6, 6.07) is 17.5. The van der Waals surface area contributed by atoms with E-state index in [-0.39, 0.29) is 35.7 Å². The Labute approximate surface area is 223 Å². The molecule has 0 atom stereocenters. The van der Waals surface area contributed by atoms with Gasteiger partial charge in [-0.05, 0) is 43.3 Å². The van der Waals surface area contributed by atoms with Crippen molar-refractivity contribution in [3.8, 4) is 17.0 Å². The molecule has 0 fully saturated rings. The van der Waals surface area contributed by atoms with Crippen molar-refractivity contribution in [2.75, 3.05) is 11.9 Å². The number of rotatable bonds is 7. The maximum Gasteiger partial charge on any atom is 0.335 e. The predicted molar refractivity (Wildman–Crippen MR) is 141 cm³/mol. The molecule has 2 N–H and O–H groups in total. The third-order valence-corrected chi connectivity index (χ3v) is 6.44. The van der Waals surface area contributed by atoms with Crippen LogP contribution < -0.4 is 10.1 Å². The van der Waals surface area contributed by atoms with Crippen molar-refractivity contribution in [3.63, 3.8) is 0 Å². The van der Waals surface area contributed by atoms with Crippen molar-refractivity contribution in [2.45, 2.75) is 20.1 Å². The fourth-order valence-corrected chi connectivity index (χ4v) is 4.60. The zero-order chi connectivity index (χ0) is 27.7. The van der Waals surface area contributed by atoms with Gasteiger partial charge in [-0.3, -0.25) is 14.3 Å². The van der Waals surface area contributed by atoms with Crippen LogP contribution in [0.5, 0.6) is 5.75 Å². The number of hydrogen-bond acceptors (Lipinski definition) is 5. The first kappa shape index (κ1) is 25.7. The number of aromatic carboxylic acids is 1. The van der Waals surface area contributed by atoms with E-state index < -0.39 is 30.1 Å². The fraction of sp³-hybridized carbons (Fsp3) is 0.172. The van der Waals surface area contributed by atoms with Crippen LogP contribution in [0.2, 0.25) is 0 Å². The number of anilines is 1. The number of carbonyl (C=O) groups is 3. The van der Waals surface area contributed by atoms with Crippen molar-refractivity contribution < 1.29 is 28.6 Å². The molecule has 0 spiro atoms. The molecule has 2 heterocycles. The van der Waals surface area contributed by atoms with Gasteiger partial charge in [0.1, 0.15) is 24.7 Å². The van der Waals surface area contributed by atoms with E-state index in [9.17, 15) is 23.9 Å². The molecule has 39 heavy (non-hydrogen) atoms. The molecular weight excluding hydrogens is 503 g/mol. The van der Waals surface area contributed by atoms with E-state index in [2.05, 4.69) is 10.4 Å². The largest absolute Gasteiger partial charge is 0.488 e. The Kier molecular flexibility index (Phi) is 6.84. The number of aromatic nitrogens is 2. The maximum atomic E-state index is 14.6. The summed E-state index contributed by atoms with van der Waals surface area (Å²) in [5, 5.41) is 16.3. The van der Waals surface area contributed by atoms with Gasteiger partial charge >= 0.3 is 5.97 Å². The Morgan fingerprint density at radius 1 is 1.10 bits per heavy atom. The maximum absolute atomic E-state index is 14.6. The van der Waals surface area contributed by atoms with Gasteiger partial charge in [-0.25, -0.2) is 9.18 Å². The molecule has 5 rings (SSSR count). The number of amides is 2. The lowest BCUT2D eigenvalue weighted by Gasteiger charge is -2.23. The molecule has 0 aliphatic carbocycles. The molecule has 9 nitrogen and oxygen atoms in total. The first-order chi connectivity index (χ1) is 18.7. The van der Waals surface area contributed by atoms with Gasteiger partial charge in [0.15, 0.2) is 5.69 Å². The SMILES string of the molecule is Cc1ccc2c(c1)-c1c(c(C(=O)N(CC(=O)Nc3cccc(C(=O)O)c3)Cc3ccccc3F)nn1C)CO2. The van der Waals surface area contributed by atoms with E-state index in [4.69, 9.17) is 4.74 Å². The summed E-state index contributed by atoms with van der Waals surface area (Å²) in [4.78, 5) is 39.4. The molecule has 198 valence electrons. The summed E-state index contributed by atoms with van der Waals surface area (Å²) in [6.07, 6.45) is 0. The van der Waals surface area contributed by atoms with E-state index in [0.717, 1.165) is 16.8 Å². The lowest BCUT2D eigenvalue weighted by Crippen LogP contribution is -2.38. The number of benzene rings is 3. The zero-order valence-electron chi connectivity index (χ0n) is 21.3. The highest BCUT2D eigenvalue weighted by Crippen LogP contribution is 2.39. The van der Waals surface area contributed by atoms with Gasteiger partial charge in [-0.2, -0.15) is 5.10 Å². The van der Waals surface area contributed by atoms with Gasteiger partial charge in [-0.1, -0.05) is 35.9 Å². The Balaban J connectivity index is 1.47. The van der Waals surface area contributed by atoms with Gasteiger partial charge in [0.2, 0.25) is 5.91 Å². The second-order valence-electron chi connectivity index (χ2n) is 9.27. The summed E-state index contributed by atoms with van der Waals surface area (Å²) >= 11 is 0. The molecule has 0 saturated carbocycles. The van der Waals surface area contributed by atoms with Gasteiger partial charge in [-0.15, -0.1) is 0 Å². The normalized spacial score (nSPS) is 11.7. The van der Waals surface area contributed by atoms with E-state index in [1.165, 1.54) is 29.2 Å². The van der Waals surface area contributed by atoms with E-state index >= 15 is 0 Å². The molecule has 0 radical (unpaired) electrons. The summed E-state index contributed by atoms with van der Waals surface area (Å²) < 4.78 is 22.1. The van der Waals surface area contributed by atoms with Crippen LogP contribution >= 0.6 is 0 Å². The number of nitrogens with zero attached hydrogens (tertiary/aromatic N) is 3. The summed E-state index contributed by atoms with van der Waals surface area (Å²) in [7, 11) is 1.73. The highest BCUT2D eigenvalue weighted by molar-refractivity contribution is 6.00. The molecule has 1 aromatic heterocycles. The topological polar surface area (TPSA) is 114 Å². The highest BCUT2D eigenvalue weighted by atomic mass is 19.1. The monoisotopic (exact) mass is 528 g/mol. The Morgan fingerprint density at radius 3 is 2.67 bits per heavy atom. The molecule has 1 aliphatic rings. The second kappa shape index (κ2) is 10.4. The fourth-order valence-electron chi connectivity index (χ4n) is 4.60. The number of ether oxygens (including phenoxy) is 1. The minimum atomic E-state index is -1.14. The number of carbonyl (C=O) groups excluding carboxylic acids is 2. The lowest BCUT2D eigenvalue weighted by molar-refractivity contribution is -0.117. The number of carboxylic acid groups (broad SMARTS) is 1. The number of carboxylic acids is 1. The van der Waals surface area contributed by atoms with Crippen LogP contribution in [0.3, 0.4) is 0 Å². The molecule has 3 aromatic carbocycles. The number of nitrogens with one attached hydrogen (secondary N) is 1. The second-order valence-corrected chi connectivity index (χ2v) is 9.27. The summed E-state index contributed by atoms with van der Waals surface area (Å²) in [5.74, 6) is -2.11. The number of aryl methyl sites for hydroxylation is 2. The minimum Gasteiger partial charge on any atom is -0.488 e. The zero-order valence-corrected chi connectivity index (χ0v) is 21.3. The van der Waals surface area contributed by atoms with Crippen molar-refractivity contribution in [1.29, 1.82) is 0 Å². The van der Waals surface area contributed by atoms with Crippen LogP contribution in [-0.4, -0.2) is 44.1 Å². The van der Waals surface area contributed by atoms with Crippen molar-refractivity contribution >= 4 is 23.5 Å². The molecule has 0 bridgehead atoms. The minimum absolute atomic E-state index is 0.00252. The van der Waals surface area contributed by atoms with Crippen molar-refractivity contribution in [3.05, 3.63) is 100 Å².